The van der Waals surface area contributed by atoms with Crippen LogP contribution in [0.15, 0.2) is 30.3 Å². The molecule has 1 atom stereocenters. The molecule has 0 saturated carbocycles. The normalized spacial score (nSPS) is 18.4. The lowest BCUT2D eigenvalue weighted by atomic mass is 10.1. The highest BCUT2D eigenvalue weighted by atomic mass is 16.7. The molecule has 1 fully saturated rings. The molecule has 0 aliphatic carbocycles. The third-order valence-corrected chi connectivity index (χ3v) is 2.57. The Bertz CT molecular complexity index is 356. The average molecular weight is 221 g/mol. The van der Waals surface area contributed by atoms with Crippen LogP contribution in [0.3, 0.4) is 0 Å². The van der Waals surface area contributed by atoms with Gasteiger partial charge in [-0.05, 0) is 12.0 Å². The van der Waals surface area contributed by atoms with Crippen molar-refractivity contribution in [3.8, 4) is 0 Å². The first-order chi connectivity index (χ1) is 7.79. The second-order valence-electron chi connectivity index (χ2n) is 3.77. The molecule has 1 aromatic carbocycles. The van der Waals surface area contributed by atoms with Gasteiger partial charge in [0.2, 0.25) is 5.90 Å². The molecule has 0 aromatic heterocycles. The molecule has 16 heavy (non-hydrogen) atoms. The zero-order chi connectivity index (χ0) is 11.4. The molecular formula is C11H15N3O2. The van der Waals surface area contributed by atoms with Crippen molar-refractivity contribution in [2.45, 2.75) is 12.5 Å². The quantitative estimate of drug-likeness (QED) is 0.685. The monoisotopic (exact) mass is 221 g/mol. The van der Waals surface area contributed by atoms with Gasteiger partial charge < -0.3 is 9.94 Å². The van der Waals surface area contributed by atoms with E-state index in [9.17, 15) is 5.11 Å². The molecule has 1 aliphatic rings. The number of nitrogens with zero attached hydrogens (tertiary/aromatic N) is 1. The van der Waals surface area contributed by atoms with E-state index in [4.69, 9.17) is 10.2 Å². The van der Waals surface area contributed by atoms with E-state index in [1.807, 2.05) is 30.3 Å². The minimum atomic E-state index is -0.0785. The molecule has 5 heteroatoms. The van der Waals surface area contributed by atoms with Crippen LogP contribution < -0.4 is 5.59 Å². The number of aliphatic hydroxyl groups is 1. The second kappa shape index (κ2) is 5.07. The van der Waals surface area contributed by atoms with Gasteiger partial charge >= 0.3 is 0 Å². The summed E-state index contributed by atoms with van der Waals surface area (Å²) in [7, 11) is 0. The molecule has 1 unspecified atom stereocenters. The molecule has 1 saturated heterocycles. The first-order valence-electron chi connectivity index (χ1n) is 5.21. The van der Waals surface area contributed by atoms with Gasteiger partial charge in [0.15, 0.2) is 0 Å². The highest BCUT2D eigenvalue weighted by Crippen LogP contribution is 2.09. The Morgan fingerprint density at radius 2 is 2.19 bits per heavy atom. The standard InChI is InChI=1S/C11H15N3O2/c12-11-7-14(13-16-11)10(8-15)6-9-4-2-1-3-5-9/h1-5,10,12-13,15H,6-8H2. The van der Waals surface area contributed by atoms with Crippen LogP contribution in [-0.4, -0.2) is 35.2 Å². The first kappa shape index (κ1) is 11.1. The highest BCUT2D eigenvalue weighted by molar-refractivity contribution is 5.75. The Balaban J connectivity index is 1.98. The van der Waals surface area contributed by atoms with Crippen LogP contribution in [0.5, 0.6) is 0 Å². The third-order valence-electron chi connectivity index (χ3n) is 2.57. The van der Waals surface area contributed by atoms with E-state index in [2.05, 4.69) is 5.59 Å². The minimum Gasteiger partial charge on any atom is -0.395 e. The maximum Gasteiger partial charge on any atom is 0.224 e. The summed E-state index contributed by atoms with van der Waals surface area (Å²) in [5, 5.41) is 18.4. The molecule has 1 aromatic rings. The number of aliphatic hydroxyl groups excluding tert-OH is 1. The molecule has 2 rings (SSSR count). The Kier molecular flexibility index (Phi) is 3.51. The van der Waals surface area contributed by atoms with Crippen LogP contribution in [0.25, 0.3) is 0 Å². The van der Waals surface area contributed by atoms with Gasteiger partial charge in [-0.25, -0.2) is 0 Å². The molecule has 1 aliphatic heterocycles. The molecule has 3 N–H and O–H groups in total. The number of hydrazine groups is 1. The molecule has 0 bridgehead atoms. The van der Waals surface area contributed by atoms with Crippen molar-refractivity contribution in [2.24, 2.45) is 0 Å². The molecule has 0 radical (unpaired) electrons. The Hall–Kier alpha value is -1.43. The SMILES string of the molecule is N=C1CN(C(CO)Cc2ccccc2)NO1. The lowest BCUT2D eigenvalue weighted by molar-refractivity contribution is 0.00313. The Labute approximate surface area is 94.1 Å². The predicted molar refractivity (Wildman–Crippen MR) is 59.7 cm³/mol. The summed E-state index contributed by atoms with van der Waals surface area (Å²) in [5.41, 5.74) is 3.78. The summed E-state index contributed by atoms with van der Waals surface area (Å²) >= 11 is 0. The fraction of sp³-hybridized carbons (Fsp3) is 0.364. The van der Waals surface area contributed by atoms with E-state index >= 15 is 0 Å². The van der Waals surface area contributed by atoms with Crippen LogP contribution in [0.1, 0.15) is 5.56 Å². The fourth-order valence-corrected chi connectivity index (χ4v) is 1.70. The molecule has 0 spiro atoms. The lowest BCUT2D eigenvalue weighted by Gasteiger charge is -2.22. The molecule has 5 nitrogen and oxygen atoms in total. The van der Waals surface area contributed by atoms with E-state index < -0.39 is 0 Å². The summed E-state index contributed by atoms with van der Waals surface area (Å²) < 4.78 is 0. The average Bonchev–Trinajstić information content (AvgIpc) is 2.74. The van der Waals surface area contributed by atoms with Crippen molar-refractivity contribution in [3.63, 3.8) is 0 Å². The van der Waals surface area contributed by atoms with E-state index in [0.29, 0.717) is 6.54 Å². The minimum absolute atomic E-state index is 0.0263. The first-order valence-corrected chi connectivity index (χ1v) is 5.21. The zero-order valence-electron chi connectivity index (χ0n) is 8.89. The number of hydrogen-bond acceptors (Lipinski definition) is 5. The Morgan fingerprint density at radius 3 is 2.75 bits per heavy atom. The van der Waals surface area contributed by atoms with Crippen molar-refractivity contribution in [3.05, 3.63) is 35.9 Å². The summed E-state index contributed by atoms with van der Waals surface area (Å²) in [6.45, 7) is 0.413. The van der Waals surface area contributed by atoms with Crippen molar-refractivity contribution in [2.75, 3.05) is 13.2 Å². The lowest BCUT2D eigenvalue weighted by Crippen LogP contribution is -2.43. The maximum absolute atomic E-state index is 9.33. The largest absolute Gasteiger partial charge is 0.395 e. The van der Waals surface area contributed by atoms with E-state index in [1.165, 1.54) is 0 Å². The number of nitrogens with one attached hydrogen (secondary N) is 2. The van der Waals surface area contributed by atoms with Gasteiger partial charge in [-0.15, -0.1) is 0 Å². The van der Waals surface area contributed by atoms with Crippen LogP contribution in [0.2, 0.25) is 0 Å². The number of rotatable bonds is 4. The molecule has 86 valence electrons. The molecule has 1 heterocycles. The topological polar surface area (TPSA) is 68.6 Å². The van der Waals surface area contributed by atoms with Crippen LogP contribution in [0, 0.1) is 5.41 Å². The summed E-state index contributed by atoms with van der Waals surface area (Å²) in [5.74, 6) is 0.173. The van der Waals surface area contributed by atoms with Crippen molar-refractivity contribution < 1.29 is 9.94 Å². The third kappa shape index (κ3) is 2.57. The van der Waals surface area contributed by atoms with Gasteiger partial charge in [0, 0.05) is 0 Å². The predicted octanol–water partition coefficient (Wildman–Crippen LogP) is 0.319. The van der Waals surface area contributed by atoms with E-state index in [-0.39, 0.29) is 18.5 Å². The van der Waals surface area contributed by atoms with Crippen LogP contribution in [-0.2, 0) is 11.3 Å². The Morgan fingerprint density at radius 1 is 1.44 bits per heavy atom. The fourth-order valence-electron chi connectivity index (χ4n) is 1.70. The zero-order valence-corrected chi connectivity index (χ0v) is 8.89. The van der Waals surface area contributed by atoms with E-state index in [1.54, 1.807) is 5.01 Å². The summed E-state index contributed by atoms with van der Waals surface area (Å²) in [4.78, 5) is 4.83. The summed E-state index contributed by atoms with van der Waals surface area (Å²) in [6.07, 6.45) is 0.723. The number of benzene rings is 1. The van der Waals surface area contributed by atoms with Gasteiger partial charge in [0.25, 0.3) is 0 Å². The number of hydrogen-bond donors (Lipinski definition) is 3. The smallest absolute Gasteiger partial charge is 0.224 e. The van der Waals surface area contributed by atoms with Gasteiger partial charge in [-0.1, -0.05) is 35.9 Å². The highest BCUT2D eigenvalue weighted by Gasteiger charge is 2.25. The maximum atomic E-state index is 9.33. The second-order valence-corrected chi connectivity index (χ2v) is 3.77. The van der Waals surface area contributed by atoms with Gasteiger partial charge in [0.1, 0.15) is 0 Å². The molecule has 0 amide bonds. The van der Waals surface area contributed by atoms with Crippen molar-refractivity contribution >= 4 is 5.90 Å². The van der Waals surface area contributed by atoms with Crippen molar-refractivity contribution in [1.29, 1.82) is 5.41 Å². The van der Waals surface area contributed by atoms with E-state index in [0.717, 1.165) is 12.0 Å². The van der Waals surface area contributed by atoms with Crippen LogP contribution >= 0.6 is 0 Å². The summed E-state index contributed by atoms with van der Waals surface area (Å²) in [6, 6.07) is 9.87. The van der Waals surface area contributed by atoms with Crippen molar-refractivity contribution in [1.82, 2.24) is 10.6 Å². The molecular weight excluding hydrogens is 206 g/mol. The van der Waals surface area contributed by atoms with Gasteiger partial charge in [-0.3, -0.25) is 5.41 Å². The van der Waals surface area contributed by atoms with Gasteiger partial charge in [0.05, 0.1) is 19.2 Å². The van der Waals surface area contributed by atoms with Gasteiger partial charge in [-0.2, -0.15) is 5.01 Å². The van der Waals surface area contributed by atoms with Crippen LogP contribution in [0.4, 0.5) is 0 Å².